The van der Waals surface area contributed by atoms with E-state index in [-0.39, 0.29) is 30.1 Å². The number of nitrogens with zero attached hydrogens (tertiary/aromatic N) is 3. The molecule has 0 aromatic heterocycles. The fourth-order valence-corrected chi connectivity index (χ4v) is 3.05. The minimum Gasteiger partial charge on any atom is -0.444 e. The van der Waals surface area contributed by atoms with Gasteiger partial charge in [-0.05, 0) is 46.0 Å². The molecule has 2 heterocycles. The lowest BCUT2D eigenvalue weighted by Crippen LogP contribution is -2.45. The molecule has 0 bridgehead atoms. The summed E-state index contributed by atoms with van der Waals surface area (Å²) in [6.45, 7) is 11.0. The topological polar surface area (TPSA) is 80.4 Å². The fourth-order valence-electron chi connectivity index (χ4n) is 3.05. The Balaban J connectivity index is 0.00000312. The zero-order valence-electron chi connectivity index (χ0n) is 15.7. The molecule has 0 aromatic carbocycles. The molecule has 8 heteroatoms. The van der Waals surface area contributed by atoms with E-state index >= 15 is 0 Å². The fraction of sp³-hybridized carbons (Fsp3) is 0.882. The highest BCUT2D eigenvalue weighted by molar-refractivity contribution is 14.0. The summed E-state index contributed by atoms with van der Waals surface area (Å²) in [7, 11) is 0. The number of piperidine rings is 1. The van der Waals surface area contributed by atoms with Crippen LogP contribution in [0.1, 0.15) is 40.0 Å². The number of morpholine rings is 1. The molecule has 2 saturated heterocycles. The van der Waals surface area contributed by atoms with Crippen molar-refractivity contribution >= 4 is 36.0 Å². The lowest BCUT2D eigenvalue weighted by molar-refractivity contribution is 0.0163. The van der Waals surface area contributed by atoms with Crippen LogP contribution in [0.5, 0.6) is 0 Å². The molecule has 0 radical (unpaired) electrons. The number of nitrogens with two attached hydrogens (primary N) is 1. The smallest absolute Gasteiger partial charge is 0.410 e. The summed E-state index contributed by atoms with van der Waals surface area (Å²) in [6, 6.07) is 0. The van der Waals surface area contributed by atoms with Crippen molar-refractivity contribution in [2.24, 2.45) is 16.6 Å². The zero-order valence-corrected chi connectivity index (χ0v) is 18.0. The summed E-state index contributed by atoms with van der Waals surface area (Å²) in [6.07, 6.45) is 2.90. The van der Waals surface area contributed by atoms with E-state index in [1.54, 1.807) is 0 Å². The Morgan fingerprint density at radius 1 is 1.24 bits per heavy atom. The maximum atomic E-state index is 12.2. The third kappa shape index (κ3) is 7.98. The monoisotopic (exact) mass is 468 g/mol. The van der Waals surface area contributed by atoms with E-state index in [0.717, 1.165) is 45.4 Å². The van der Waals surface area contributed by atoms with E-state index in [4.69, 9.17) is 15.2 Å². The summed E-state index contributed by atoms with van der Waals surface area (Å²) < 4.78 is 10.8. The molecule has 7 nitrogen and oxygen atoms in total. The molecule has 2 N–H and O–H groups in total. The summed E-state index contributed by atoms with van der Waals surface area (Å²) >= 11 is 0. The maximum Gasteiger partial charge on any atom is 0.410 e. The lowest BCUT2D eigenvalue weighted by atomic mass is 9.95. The van der Waals surface area contributed by atoms with Crippen molar-refractivity contribution in [3.8, 4) is 0 Å². The van der Waals surface area contributed by atoms with Gasteiger partial charge in [-0.3, -0.25) is 4.99 Å². The van der Waals surface area contributed by atoms with Gasteiger partial charge in [-0.2, -0.15) is 0 Å². The number of hydrogen-bond acceptors (Lipinski definition) is 4. The quantitative estimate of drug-likeness (QED) is 0.391. The summed E-state index contributed by atoms with van der Waals surface area (Å²) in [5, 5.41) is 0. The number of halogens is 1. The molecule has 1 amide bonds. The minimum absolute atomic E-state index is 0. The number of likely N-dealkylation sites (tertiary alicyclic amines) is 1. The average Bonchev–Trinajstić information content (AvgIpc) is 2.54. The molecule has 1 unspecified atom stereocenters. The van der Waals surface area contributed by atoms with E-state index in [2.05, 4.69) is 9.89 Å². The Morgan fingerprint density at radius 2 is 1.92 bits per heavy atom. The van der Waals surface area contributed by atoms with E-state index in [1.807, 2.05) is 25.7 Å². The van der Waals surface area contributed by atoms with Gasteiger partial charge in [0.05, 0.1) is 13.2 Å². The second kappa shape index (κ2) is 10.4. The molecule has 2 rings (SSSR count). The first-order valence-corrected chi connectivity index (χ1v) is 8.96. The highest BCUT2D eigenvalue weighted by Crippen LogP contribution is 2.21. The van der Waals surface area contributed by atoms with Crippen LogP contribution in [-0.4, -0.2) is 73.4 Å². The number of guanidine groups is 1. The van der Waals surface area contributed by atoms with Gasteiger partial charge in [0.2, 0.25) is 0 Å². The molecule has 1 atom stereocenters. The largest absolute Gasteiger partial charge is 0.444 e. The van der Waals surface area contributed by atoms with Crippen LogP contribution in [0.4, 0.5) is 4.79 Å². The van der Waals surface area contributed by atoms with E-state index in [9.17, 15) is 4.79 Å². The van der Waals surface area contributed by atoms with Gasteiger partial charge in [0.15, 0.2) is 5.96 Å². The van der Waals surface area contributed by atoms with E-state index in [1.165, 1.54) is 0 Å². The second-order valence-corrected chi connectivity index (χ2v) is 7.56. The van der Waals surface area contributed by atoms with Crippen LogP contribution >= 0.6 is 24.0 Å². The number of hydrogen-bond donors (Lipinski definition) is 1. The standard InChI is InChI=1S/C17H32N4O3.HI/c1-17(2,3)24-16(22)21-8-4-5-14(13-21)6-7-19-15(18)20-9-11-23-12-10-20;/h14H,4-13H2,1-3H3,(H2,18,19);1H. The number of rotatable bonds is 3. The van der Waals surface area contributed by atoms with Gasteiger partial charge in [-0.15, -0.1) is 24.0 Å². The predicted octanol–water partition coefficient (Wildman–Crippen LogP) is 2.29. The predicted molar refractivity (Wildman–Crippen MR) is 109 cm³/mol. The summed E-state index contributed by atoms with van der Waals surface area (Å²) in [5.74, 6) is 1.07. The van der Waals surface area contributed by atoms with Gasteiger partial charge in [-0.25, -0.2) is 4.79 Å². The second-order valence-electron chi connectivity index (χ2n) is 7.56. The highest BCUT2D eigenvalue weighted by Gasteiger charge is 2.27. The van der Waals surface area contributed by atoms with Crippen LogP contribution in [0.15, 0.2) is 4.99 Å². The first kappa shape index (κ1) is 22.3. The van der Waals surface area contributed by atoms with E-state index < -0.39 is 5.60 Å². The number of aliphatic imine (C=N–C) groups is 1. The molecule has 146 valence electrons. The molecule has 2 fully saturated rings. The average molecular weight is 468 g/mol. The molecule has 25 heavy (non-hydrogen) atoms. The number of amides is 1. The Morgan fingerprint density at radius 3 is 2.56 bits per heavy atom. The van der Waals surface area contributed by atoms with Crippen molar-refractivity contribution in [3.63, 3.8) is 0 Å². The Bertz CT molecular complexity index is 448. The number of ether oxygens (including phenoxy) is 2. The minimum atomic E-state index is -0.444. The van der Waals surface area contributed by atoms with Crippen molar-refractivity contribution < 1.29 is 14.3 Å². The van der Waals surface area contributed by atoms with Crippen molar-refractivity contribution in [3.05, 3.63) is 0 Å². The maximum absolute atomic E-state index is 12.2. The molecule has 2 aliphatic heterocycles. The van der Waals surface area contributed by atoms with Crippen LogP contribution in [0, 0.1) is 5.92 Å². The van der Waals surface area contributed by atoms with Crippen molar-refractivity contribution in [1.29, 1.82) is 0 Å². The molecular weight excluding hydrogens is 435 g/mol. The molecule has 0 aromatic rings. The molecule has 0 saturated carbocycles. The molecule has 0 spiro atoms. The lowest BCUT2D eigenvalue weighted by Gasteiger charge is -2.34. The molecule has 2 aliphatic rings. The van der Waals surface area contributed by atoms with E-state index in [0.29, 0.717) is 31.6 Å². The highest BCUT2D eigenvalue weighted by atomic mass is 127. The van der Waals surface area contributed by atoms with Gasteiger partial charge in [0.25, 0.3) is 0 Å². The SMILES string of the molecule is CC(C)(C)OC(=O)N1CCCC(CCN=C(N)N2CCOCC2)C1.I. The summed E-state index contributed by atoms with van der Waals surface area (Å²) in [5.41, 5.74) is 5.60. The van der Waals surface area contributed by atoms with Crippen LogP contribution in [0.2, 0.25) is 0 Å². The van der Waals surface area contributed by atoms with Crippen molar-refractivity contribution in [2.75, 3.05) is 45.9 Å². The van der Waals surface area contributed by atoms with Gasteiger partial charge in [0, 0.05) is 32.7 Å². The van der Waals surface area contributed by atoms with Gasteiger partial charge in [-0.1, -0.05) is 0 Å². The normalized spacial score (nSPS) is 22.4. The Hall–Kier alpha value is -0.770. The summed E-state index contributed by atoms with van der Waals surface area (Å²) in [4.78, 5) is 20.6. The van der Waals surface area contributed by atoms with Crippen LogP contribution < -0.4 is 5.73 Å². The molecular formula is C17H33IN4O3. The number of carbonyl (C=O) groups excluding carboxylic acids is 1. The third-order valence-corrected chi connectivity index (χ3v) is 4.32. The van der Waals surface area contributed by atoms with Crippen LogP contribution in [-0.2, 0) is 9.47 Å². The Kier molecular flexibility index (Phi) is 9.26. The Labute approximate surface area is 168 Å². The first-order chi connectivity index (χ1) is 11.3. The van der Waals surface area contributed by atoms with Crippen molar-refractivity contribution in [2.45, 2.75) is 45.6 Å². The van der Waals surface area contributed by atoms with Gasteiger partial charge < -0.3 is 25.0 Å². The van der Waals surface area contributed by atoms with Gasteiger partial charge >= 0.3 is 6.09 Å². The van der Waals surface area contributed by atoms with Crippen LogP contribution in [0.25, 0.3) is 0 Å². The number of carbonyl (C=O) groups is 1. The molecule has 0 aliphatic carbocycles. The zero-order chi connectivity index (χ0) is 17.6. The van der Waals surface area contributed by atoms with Gasteiger partial charge in [0.1, 0.15) is 5.60 Å². The van der Waals surface area contributed by atoms with Crippen molar-refractivity contribution in [1.82, 2.24) is 9.80 Å². The van der Waals surface area contributed by atoms with Crippen LogP contribution in [0.3, 0.4) is 0 Å². The third-order valence-electron chi connectivity index (χ3n) is 4.32. The first-order valence-electron chi connectivity index (χ1n) is 8.96.